The predicted molar refractivity (Wildman–Crippen MR) is 96.7 cm³/mol. The first-order valence-corrected chi connectivity index (χ1v) is 8.24. The van der Waals surface area contributed by atoms with Crippen LogP contribution >= 0.6 is 0 Å². The topological polar surface area (TPSA) is 73.4 Å². The van der Waals surface area contributed by atoms with E-state index in [2.05, 4.69) is 21.3 Å². The van der Waals surface area contributed by atoms with Crippen molar-refractivity contribution < 1.29 is 0 Å². The predicted octanol–water partition coefficient (Wildman–Crippen LogP) is 1.64. The van der Waals surface area contributed by atoms with E-state index in [4.69, 9.17) is 5.26 Å². The first-order valence-electron chi connectivity index (χ1n) is 8.24. The number of benzene rings is 1. The normalized spacial score (nSPS) is 14.4. The fraction of sp³-hybridized carbons (Fsp3) is 0.211. The van der Waals surface area contributed by atoms with Gasteiger partial charge in [-0.2, -0.15) is 5.26 Å². The number of hydrogen-bond acceptors (Lipinski definition) is 5. The average molecular weight is 331 g/mol. The molecule has 1 aromatic carbocycles. The van der Waals surface area contributed by atoms with Crippen LogP contribution in [-0.2, 0) is 0 Å². The Kier molecular flexibility index (Phi) is 3.92. The molecule has 6 nitrogen and oxygen atoms in total. The minimum atomic E-state index is -0.110. The van der Waals surface area contributed by atoms with Crippen LogP contribution in [0.4, 0.5) is 5.69 Å². The summed E-state index contributed by atoms with van der Waals surface area (Å²) >= 11 is 0. The molecule has 3 aromatic rings. The molecule has 0 spiro atoms. The van der Waals surface area contributed by atoms with Crippen molar-refractivity contribution >= 4 is 11.3 Å². The molecule has 0 amide bonds. The van der Waals surface area contributed by atoms with E-state index in [-0.39, 0.29) is 5.56 Å². The fourth-order valence-electron chi connectivity index (χ4n) is 3.06. The number of rotatable bonds is 2. The van der Waals surface area contributed by atoms with Crippen LogP contribution in [0.3, 0.4) is 0 Å². The molecular formula is C19H17N5O. The number of fused-ring (bicyclic) bond motifs is 1. The van der Waals surface area contributed by atoms with Gasteiger partial charge < -0.3 is 10.2 Å². The number of pyridine rings is 1. The summed E-state index contributed by atoms with van der Waals surface area (Å²) in [6, 6.07) is 14.6. The van der Waals surface area contributed by atoms with Crippen LogP contribution in [0.1, 0.15) is 5.56 Å². The first kappa shape index (κ1) is 15.4. The van der Waals surface area contributed by atoms with Crippen LogP contribution < -0.4 is 15.8 Å². The number of nitriles is 1. The lowest BCUT2D eigenvalue weighted by Crippen LogP contribution is -2.43. The van der Waals surface area contributed by atoms with E-state index in [1.54, 1.807) is 16.5 Å². The molecule has 124 valence electrons. The summed E-state index contributed by atoms with van der Waals surface area (Å²) in [5, 5.41) is 12.2. The van der Waals surface area contributed by atoms with E-state index in [0.717, 1.165) is 37.4 Å². The minimum absolute atomic E-state index is 0.110. The molecule has 0 unspecified atom stereocenters. The Hall–Kier alpha value is -3.17. The van der Waals surface area contributed by atoms with Crippen molar-refractivity contribution in [2.75, 3.05) is 31.1 Å². The summed E-state index contributed by atoms with van der Waals surface area (Å²) in [4.78, 5) is 19.4. The molecule has 1 aliphatic rings. The molecule has 6 heteroatoms. The maximum atomic E-state index is 12.6. The highest BCUT2D eigenvalue weighted by atomic mass is 16.1. The summed E-state index contributed by atoms with van der Waals surface area (Å²) in [7, 11) is 0. The number of piperazine rings is 1. The van der Waals surface area contributed by atoms with Crippen LogP contribution in [0.25, 0.3) is 16.9 Å². The third-order valence-corrected chi connectivity index (χ3v) is 4.44. The van der Waals surface area contributed by atoms with Crippen molar-refractivity contribution in [3.05, 3.63) is 64.6 Å². The van der Waals surface area contributed by atoms with Gasteiger partial charge in [-0.05, 0) is 24.3 Å². The highest BCUT2D eigenvalue weighted by molar-refractivity contribution is 5.63. The molecular weight excluding hydrogens is 314 g/mol. The van der Waals surface area contributed by atoms with Gasteiger partial charge in [0.2, 0.25) is 0 Å². The highest BCUT2D eigenvalue weighted by Gasteiger charge is 2.12. The van der Waals surface area contributed by atoms with Gasteiger partial charge in [0.1, 0.15) is 5.65 Å². The second-order valence-corrected chi connectivity index (χ2v) is 6.02. The first-order chi connectivity index (χ1) is 12.2. The molecule has 0 saturated carbocycles. The molecule has 0 atom stereocenters. The SMILES string of the molecule is N#Cc1ccc(-c2cc(=O)n3cc(N4CCNCC4)ccc3n2)cc1. The number of anilines is 1. The zero-order chi connectivity index (χ0) is 17.2. The summed E-state index contributed by atoms with van der Waals surface area (Å²) in [6.07, 6.45) is 1.86. The molecule has 1 fully saturated rings. The lowest BCUT2D eigenvalue weighted by Gasteiger charge is -2.29. The van der Waals surface area contributed by atoms with E-state index in [1.807, 2.05) is 30.5 Å². The van der Waals surface area contributed by atoms with Crippen LogP contribution in [0.2, 0.25) is 0 Å². The van der Waals surface area contributed by atoms with Crippen LogP contribution in [-0.4, -0.2) is 35.6 Å². The average Bonchev–Trinajstić information content (AvgIpc) is 2.68. The van der Waals surface area contributed by atoms with Gasteiger partial charge in [0.15, 0.2) is 0 Å². The van der Waals surface area contributed by atoms with E-state index in [1.165, 1.54) is 6.07 Å². The van der Waals surface area contributed by atoms with Crippen LogP contribution in [0.15, 0.2) is 53.5 Å². The number of aromatic nitrogens is 2. The van der Waals surface area contributed by atoms with E-state index >= 15 is 0 Å². The minimum Gasteiger partial charge on any atom is -0.368 e. The van der Waals surface area contributed by atoms with Crippen molar-refractivity contribution in [3.63, 3.8) is 0 Å². The van der Waals surface area contributed by atoms with Gasteiger partial charge in [-0.15, -0.1) is 0 Å². The molecule has 0 bridgehead atoms. The summed E-state index contributed by atoms with van der Waals surface area (Å²) in [5.41, 5.74) is 3.56. The molecule has 2 aromatic heterocycles. The van der Waals surface area contributed by atoms with Gasteiger partial charge in [0.25, 0.3) is 5.56 Å². The van der Waals surface area contributed by atoms with Gasteiger partial charge in [-0.1, -0.05) is 12.1 Å². The van der Waals surface area contributed by atoms with Crippen LogP contribution in [0, 0.1) is 11.3 Å². The second-order valence-electron chi connectivity index (χ2n) is 6.02. The van der Waals surface area contributed by atoms with E-state index < -0.39 is 0 Å². The van der Waals surface area contributed by atoms with Crippen molar-refractivity contribution in [2.45, 2.75) is 0 Å². The smallest absolute Gasteiger partial charge is 0.258 e. The Balaban J connectivity index is 1.74. The second kappa shape index (κ2) is 6.38. The van der Waals surface area contributed by atoms with Gasteiger partial charge in [0, 0.05) is 44.0 Å². The molecule has 1 aliphatic heterocycles. The summed E-state index contributed by atoms with van der Waals surface area (Å²) < 4.78 is 1.59. The zero-order valence-electron chi connectivity index (χ0n) is 13.6. The van der Waals surface area contributed by atoms with E-state index in [9.17, 15) is 4.79 Å². The molecule has 3 heterocycles. The molecule has 0 aliphatic carbocycles. The maximum absolute atomic E-state index is 12.6. The number of nitrogens with zero attached hydrogens (tertiary/aromatic N) is 4. The summed E-state index contributed by atoms with van der Waals surface area (Å²) in [5.74, 6) is 0. The number of nitrogens with one attached hydrogen (secondary N) is 1. The van der Waals surface area contributed by atoms with Gasteiger partial charge >= 0.3 is 0 Å². The lowest BCUT2D eigenvalue weighted by atomic mass is 10.1. The van der Waals surface area contributed by atoms with Crippen molar-refractivity contribution in [1.29, 1.82) is 5.26 Å². The standard InChI is InChI=1S/C19H17N5O/c20-12-14-1-3-15(4-2-14)17-11-19(25)24-13-16(5-6-18(24)22-17)23-9-7-21-8-10-23/h1-6,11,13,21H,7-10H2. The van der Waals surface area contributed by atoms with Crippen molar-refractivity contribution in [3.8, 4) is 17.3 Å². The molecule has 1 N–H and O–H groups in total. The van der Waals surface area contributed by atoms with Crippen molar-refractivity contribution in [1.82, 2.24) is 14.7 Å². The van der Waals surface area contributed by atoms with E-state index in [0.29, 0.717) is 16.9 Å². The summed E-state index contributed by atoms with van der Waals surface area (Å²) in [6.45, 7) is 3.75. The lowest BCUT2D eigenvalue weighted by molar-refractivity contribution is 0.588. The van der Waals surface area contributed by atoms with Crippen LogP contribution in [0.5, 0.6) is 0 Å². The highest BCUT2D eigenvalue weighted by Crippen LogP contribution is 2.19. The maximum Gasteiger partial charge on any atom is 0.258 e. The molecule has 1 saturated heterocycles. The molecule has 0 radical (unpaired) electrons. The Labute approximate surface area is 145 Å². The number of hydrogen-bond donors (Lipinski definition) is 1. The van der Waals surface area contributed by atoms with Gasteiger partial charge in [-0.3, -0.25) is 9.20 Å². The van der Waals surface area contributed by atoms with Gasteiger partial charge in [-0.25, -0.2) is 4.98 Å². The fourth-order valence-corrected chi connectivity index (χ4v) is 3.06. The molecule has 4 rings (SSSR count). The monoisotopic (exact) mass is 331 g/mol. The zero-order valence-corrected chi connectivity index (χ0v) is 13.6. The third-order valence-electron chi connectivity index (χ3n) is 4.44. The Morgan fingerprint density at radius 3 is 2.56 bits per heavy atom. The Morgan fingerprint density at radius 1 is 1.08 bits per heavy atom. The Bertz CT molecular complexity index is 1010. The Morgan fingerprint density at radius 2 is 1.84 bits per heavy atom. The quantitative estimate of drug-likeness (QED) is 0.773. The largest absolute Gasteiger partial charge is 0.368 e. The molecule has 25 heavy (non-hydrogen) atoms. The third kappa shape index (κ3) is 2.97. The van der Waals surface area contributed by atoms with Crippen molar-refractivity contribution in [2.24, 2.45) is 0 Å². The van der Waals surface area contributed by atoms with Gasteiger partial charge in [0.05, 0.1) is 23.0 Å².